The van der Waals surface area contributed by atoms with Gasteiger partial charge in [0.2, 0.25) is 0 Å². The number of carbonyl (C=O) groups excluding carboxylic acids is 2. The molecule has 1 aliphatic heterocycles. The Bertz CT molecular complexity index is 1320. The molecule has 0 saturated carbocycles. The number of imide groups is 1. The molecule has 2 amide bonds. The third kappa shape index (κ3) is 6.12. The van der Waals surface area contributed by atoms with Gasteiger partial charge in [-0.15, -0.1) is 0 Å². The summed E-state index contributed by atoms with van der Waals surface area (Å²) < 4.78 is 5.66. The summed E-state index contributed by atoms with van der Waals surface area (Å²) in [4.78, 5) is 39.2. The molecule has 0 radical (unpaired) electrons. The highest BCUT2D eigenvalue weighted by Crippen LogP contribution is 2.37. The number of hydrogen-bond acceptors (Lipinski definition) is 7. The molecule has 7 nitrogen and oxygen atoms in total. The average molecular weight is 507 g/mol. The second kappa shape index (κ2) is 10.8. The van der Waals surface area contributed by atoms with Crippen molar-refractivity contribution in [3.63, 3.8) is 0 Å². The van der Waals surface area contributed by atoms with E-state index in [-0.39, 0.29) is 23.7 Å². The number of benzene rings is 3. The first-order valence-corrected chi connectivity index (χ1v) is 12.4. The van der Waals surface area contributed by atoms with Crippen LogP contribution in [0.1, 0.15) is 16.7 Å². The monoisotopic (exact) mass is 506 g/mol. The van der Waals surface area contributed by atoms with Crippen molar-refractivity contribution in [2.75, 3.05) is 13.2 Å². The van der Waals surface area contributed by atoms with E-state index in [1.54, 1.807) is 12.1 Å². The van der Waals surface area contributed by atoms with E-state index in [0.717, 1.165) is 32.7 Å². The minimum absolute atomic E-state index is 0.0601. The SMILES string of the molecule is Cc1ccc(Sc2ccc(/C=C3\SC(=O)N(CCOc4cccc(C)c4)C3=O)cc2[N+](=O)[O-])cc1. The van der Waals surface area contributed by atoms with E-state index < -0.39 is 16.1 Å². The van der Waals surface area contributed by atoms with Crippen molar-refractivity contribution in [2.45, 2.75) is 23.6 Å². The van der Waals surface area contributed by atoms with Crippen LogP contribution in [0.4, 0.5) is 10.5 Å². The van der Waals surface area contributed by atoms with Crippen LogP contribution in [0.5, 0.6) is 5.75 Å². The van der Waals surface area contributed by atoms with Crippen molar-refractivity contribution in [1.82, 2.24) is 4.90 Å². The number of carbonyl (C=O) groups is 2. The lowest BCUT2D eigenvalue weighted by Crippen LogP contribution is -2.32. The minimum Gasteiger partial charge on any atom is -0.492 e. The Balaban J connectivity index is 1.46. The van der Waals surface area contributed by atoms with Gasteiger partial charge in [0.25, 0.3) is 16.8 Å². The Hall–Kier alpha value is -3.56. The van der Waals surface area contributed by atoms with E-state index in [9.17, 15) is 19.7 Å². The molecule has 9 heteroatoms. The summed E-state index contributed by atoms with van der Waals surface area (Å²) in [5, 5.41) is 11.3. The Morgan fingerprint density at radius 2 is 1.80 bits per heavy atom. The summed E-state index contributed by atoms with van der Waals surface area (Å²) in [6, 6.07) is 20.0. The molecule has 0 aromatic heterocycles. The fourth-order valence-electron chi connectivity index (χ4n) is 3.39. The summed E-state index contributed by atoms with van der Waals surface area (Å²) in [6.07, 6.45) is 1.51. The molecule has 1 fully saturated rings. The van der Waals surface area contributed by atoms with Gasteiger partial charge in [0.15, 0.2) is 0 Å². The second-order valence-electron chi connectivity index (χ2n) is 7.90. The Morgan fingerprint density at radius 1 is 1.03 bits per heavy atom. The van der Waals surface area contributed by atoms with Crippen LogP contribution in [-0.4, -0.2) is 34.1 Å². The summed E-state index contributed by atoms with van der Waals surface area (Å²) in [6.45, 7) is 4.21. The van der Waals surface area contributed by atoms with Gasteiger partial charge < -0.3 is 4.74 Å². The van der Waals surface area contributed by atoms with Gasteiger partial charge in [-0.25, -0.2) is 0 Å². The smallest absolute Gasteiger partial charge is 0.293 e. The quantitative estimate of drug-likeness (QED) is 0.196. The van der Waals surface area contributed by atoms with Crippen LogP contribution in [0.15, 0.2) is 81.4 Å². The summed E-state index contributed by atoms with van der Waals surface area (Å²) >= 11 is 2.12. The van der Waals surface area contributed by atoms with Gasteiger partial charge in [0.1, 0.15) is 12.4 Å². The van der Waals surface area contributed by atoms with Crippen LogP contribution in [0.2, 0.25) is 0 Å². The van der Waals surface area contributed by atoms with Gasteiger partial charge in [-0.3, -0.25) is 24.6 Å². The molecule has 0 aliphatic carbocycles. The third-order valence-electron chi connectivity index (χ3n) is 5.17. The molecular weight excluding hydrogens is 484 g/mol. The maximum Gasteiger partial charge on any atom is 0.293 e. The Morgan fingerprint density at radius 3 is 2.51 bits per heavy atom. The molecule has 1 saturated heterocycles. The number of ether oxygens (including phenoxy) is 1. The molecule has 1 heterocycles. The zero-order valence-corrected chi connectivity index (χ0v) is 20.7. The predicted molar refractivity (Wildman–Crippen MR) is 138 cm³/mol. The number of thioether (sulfide) groups is 1. The van der Waals surface area contributed by atoms with Gasteiger partial charge in [-0.2, -0.15) is 0 Å². The first-order valence-electron chi connectivity index (χ1n) is 10.8. The van der Waals surface area contributed by atoms with Crippen LogP contribution in [0.3, 0.4) is 0 Å². The molecular formula is C26H22N2O5S2. The van der Waals surface area contributed by atoms with Crippen molar-refractivity contribution in [1.29, 1.82) is 0 Å². The van der Waals surface area contributed by atoms with Crippen molar-refractivity contribution < 1.29 is 19.2 Å². The molecule has 3 aromatic rings. The number of hydrogen-bond donors (Lipinski definition) is 0. The highest BCUT2D eigenvalue weighted by molar-refractivity contribution is 8.18. The third-order valence-corrected chi connectivity index (χ3v) is 7.15. The molecule has 3 aromatic carbocycles. The zero-order chi connectivity index (χ0) is 24.9. The number of rotatable bonds is 8. The lowest BCUT2D eigenvalue weighted by Gasteiger charge is -2.13. The van der Waals surface area contributed by atoms with E-state index in [4.69, 9.17) is 4.74 Å². The van der Waals surface area contributed by atoms with E-state index in [2.05, 4.69) is 0 Å². The predicted octanol–water partition coefficient (Wildman–Crippen LogP) is 6.48. The fraction of sp³-hybridized carbons (Fsp3) is 0.154. The van der Waals surface area contributed by atoms with E-state index in [1.165, 1.54) is 23.9 Å². The molecule has 35 heavy (non-hydrogen) atoms. The fourth-order valence-corrected chi connectivity index (χ4v) is 5.16. The number of nitrogens with zero attached hydrogens (tertiary/aromatic N) is 2. The Kier molecular flexibility index (Phi) is 7.57. The number of amides is 2. The molecule has 0 atom stereocenters. The molecule has 178 valence electrons. The maximum absolute atomic E-state index is 12.8. The highest BCUT2D eigenvalue weighted by Gasteiger charge is 2.35. The summed E-state index contributed by atoms with van der Waals surface area (Å²) in [5.41, 5.74) is 2.57. The van der Waals surface area contributed by atoms with Crippen molar-refractivity contribution in [3.8, 4) is 5.75 Å². The van der Waals surface area contributed by atoms with Gasteiger partial charge in [0, 0.05) is 11.0 Å². The van der Waals surface area contributed by atoms with Crippen LogP contribution >= 0.6 is 23.5 Å². The molecule has 1 aliphatic rings. The zero-order valence-electron chi connectivity index (χ0n) is 19.1. The van der Waals surface area contributed by atoms with Crippen LogP contribution in [0, 0.1) is 24.0 Å². The minimum atomic E-state index is -0.442. The highest BCUT2D eigenvalue weighted by atomic mass is 32.2. The van der Waals surface area contributed by atoms with Crippen molar-refractivity contribution in [2.24, 2.45) is 0 Å². The van der Waals surface area contributed by atoms with E-state index in [1.807, 2.05) is 62.4 Å². The molecule has 0 unspecified atom stereocenters. The first-order chi connectivity index (χ1) is 16.8. The van der Waals surface area contributed by atoms with Gasteiger partial charge in [0.05, 0.1) is 21.3 Å². The van der Waals surface area contributed by atoms with Crippen LogP contribution in [-0.2, 0) is 4.79 Å². The van der Waals surface area contributed by atoms with Crippen molar-refractivity contribution in [3.05, 3.63) is 98.4 Å². The Labute approximate surface area is 211 Å². The maximum atomic E-state index is 12.8. The molecule has 0 N–H and O–H groups in total. The molecule has 0 bridgehead atoms. The second-order valence-corrected chi connectivity index (χ2v) is 10.0. The summed E-state index contributed by atoms with van der Waals surface area (Å²) in [7, 11) is 0. The molecule has 4 rings (SSSR count). The standard InChI is InChI=1S/C26H22N2O5S2/c1-17-6-9-21(10-7-17)34-23-11-8-19(15-22(23)28(31)32)16-24-25(29)27(26(30)35-24)12-13-33-20-5-3-4-18(2)14-20/h3-11,14-16H,12-13H2,1-2H3/b24-16-. The van der Waals surface area contributed by atoms with Gasteiger partial charge in [-0.05, 0) is 73.1 Å². The van der Waals surface area contributed by atoms with E-state index in [0.29, 0.717) is 16.2 Å². The lowest BCUT2D eigenvalue weighted by molar-refractivity contribution is -0.387. The normalized spacial score (nSPS) is 14.6. The van der Waals surface area contributed by atoms with Crippen molar-refractivity contribution >= 4 is 46.4 Å². The topological polar surface area (TPSA) is 89.8 Å². The number of nitro benzene ring substituents is 1. The van der Waals surface area contributed by atoms with Gasteiger partial charge >= 0.3 is 0 Å². The average Bonchev–Trinajstić information content (AvgIpc) is 3.08. The van der Waals surface area contributed by atoms with E-state index >= 15 is 0 Å². The number of nitro groups is 1. The number of aryl methyl sites for hydroxylation is 2. The largest absolute Gasteiger partial charge is 0.492 e. The van der Waals surface area contributed by atoms with Crippen LogP contribution in [0.25, 0.3) is 6.08 Å². The lowest BCUT2D eigenvalue weighted by atomic mass is 10.2. The van der Waals surface area contributed by atoms with Gasteiger partial charge in [-0.1, -0.05) is 47.7 Å². The van der Waals surface area contributed by atoms with Crippen LogP contribution < -0.4 is 4.74 Å². The first kappa shape index (κ1) is 24.6. The molecule has 0 spiro atoms. The summed E-state index contributed by atoms with van der Waals surface area (Å²) in [5.74, 6) is 0.233.